The molecule has 4 rings (SSSR count). The molecule has 0 bridgehead atoms. The van der Waals surface area contributed by atoms with Crippen molar-refractivity contribution in [2.24, 2.45) is 11.0 Å². The molecule has 1 fully saturated rings. The number of nitrogens with zero attached hydrogens (tertiary/aromatic N) is 4. The Morgan fingerprint density at radius 1 is 1.14 bits per heavy atom. The first kappa shape index (κ1) is 24.2. The zero-order valence-electron chi connectivity index (χ0n) is 19.0. The number of rotatable bonds is 4. The van der Waals surface area contributed by atoms with E-state index in [0.29, 0.717) is 48.7 Å². The molecule has 2 aliphatic heterocycles. The van der Waals surface area contributed by atoms with E-state index in [9.17, 15) is 24.5 Å². The second-order valence-electron chi connectivity index (χ2n) is 8.24. The molecule has 2 aromatic carbocycles. The fourth-order valence-electron chi connectivity index (χ4n) is 4.03. The standard InChI is InChI=1S/C23H24N6O5S/c1-15-13-20(30)24-25-21(15)17-7-8-18(19(14-17)29(33)34)27-9-11-28(12-10-27)23(32)35-26-22(31)16-5-3-2-4-6-16/h2-8,14-15H,9-13H2,1H3,(H,24,30)(H,26,31). The van der Waals surface area contributed by atoms with E-state index in [2.05, 4.69) is 15.2 Å². The third-order valence-electron chi connectivity index (χ3n) is 5.87. The van der Waals surface area contributed by atoms with Gasteiger partial charge in [0.15, 0.2) is 0 Å². The van der Waals surface area contributed by atoms with Crippen molar-refractivity contribution < 1.29 is 19.3 Å². The van der Waals surface area contributed by atoms with Gasteiger partial charge in [0, 0.05) is 55.7 Å². The first-order chi connectivity index (χ1) is 16.8. The van der Waals surface area contributed by atoms with Gasteiger partial charge in [0.05, 0.1) is 22.6 Å². The Hall–Kier alpha value is -3.93. The normalized spacial score (nSPS) is 17.9. The van der Waals surface area contributed by atoms with Crippen LogP contribution in [0.15, 0.2) is 53.6 Å². The molecule has 2 aliphatic rings. The van der Waals surface area contributed by atoms with Crippen LogP contribution in [0, 0.1) is 16.0 Å². The molecule has 2 heterocycles. The molecule has 35 heavy (non-hydrogen) atoms. The number of hydrogen-bond donors (Lipinski definition) is 2. The van der Waals surface area contributed by atoms with Crippen molar-refractivity contribution in [3.63, 3.8) is 0 Å². The summed E-state index contributed by atoms with van der Waals surface area (Å²) in [5.74, 6) is -0.684. The molecule has 0 aliphatic carbocycles. The fourth-order valence-corrected chi connectivity index (χ4v) is 4.64. The van der Waals surface area contributed by atoms with Crippen LogP contribution < -0.4 is 15.0 Å². The van der Waals surface area contributed by atoms with Crippen molar-refractivity contribution in [3.05, 3.63) is 69.8 Å². The lowest BCUT2D eigenvalue weighted by atomic mass is 9.93. The van der Waals surface area contributed by atoms with Crippen molar-refractivity contribution in [2.75, 3.05) is 31.1 Å². The van der Waals surface area contributed by atoms with Crippen LogP contribution in [0.5, 0.6) is 0 Å². The molecular formula is C23H24N6O5S. The predicted octanol–water partition coefficient (Wildman–Crippen LogP) is 2.78. The van der Waals surface area contributed by atoms with Crippen LogP contribution in [0.1, 0.15) is 29.3 Å². The van der Waals surface area contributed by atoms with E-state index in [1.54, 1.807) is 47.4 Å². The van der Waals surface area contributed by atoms with Crippen molar-refractivity contribution in [1.82, 2.24) is 15.0 Å². The number of amides is 3. The molecule has 0 spiro atoms. The number of piperazine rings is 1. The molecule has 12 heteroatoms. The summed E-state index contributed by atoms with van der Waals surface area (Å²) in [6.45, 7) is 3.40. The summed E-state index contributed by atoms with van der Waals surface area (Å²) in [5.41, 5.74) is 4.49. The van der Waals surface area contributed by atoms with Gasteiger partial charge < -0.3 is 9.80 Å². The van der Waals surface area contributed by atoms with Crippen molar-refractivity contribution in [1.29, 1.82) is 0 Å². The Labute approximate surface area is 205 Å². The zero-order chi connectivity index (χ0) is 24.9. The second-order valence-corrected chi connectivity index (χ2v) is 8.99. The maximum absolute atomic E-state index is 12.5. The van der Waals surface area contributed by atoms with Crippen LogP contribution in [-0.2, 0) is 4.79 Å². The molecule has 11 nitrogen and oxygen atoms in total. The topological polar surface area (TPSA) is 137 Å². The number of anilines is 1. The molecule has 1 atom stereocenters. The highest BCUT2D eigenvalue weighted by molar-refractivity contribution is 8.12. The van der Waals surface area contributed by atoms with Gasteiger partial charge in [-0.1, -0.05) is 31.2 Å². The highest BCUT2D eigenvalue weighted by atomic mass is 32.2. The zero-order valence-corrected chi connectivity index (χ0v) is 19.8. The van der Waals surface area contributed by atoms with Gasteiger partial charge in [0.2, 0.25) is 5.91 Å². The summed E-state index contributed by atoms with van der Waals surface area (Å²) >= 11 is 0.727. The number of nitro benzene ring substituents is 1. The summed E-state index contributed by atoms with van der Waals surface area (Å²) in [6.07, 6.45) is 0.272. The number of carbonyl (C=O) groups is 3. The summed E-state index contributed by atoms with van der Waals surface area (Å²) in [6, 6.07) is 13.5. The van der Waals surface area contributed by atoms with E-state index in [4.69, 9.17) is 0 Å². The van der Waals surface area contributed by atoms with Gasteiger partial charge in [-0.2, -0.15) is 5.10 Å². The molecule has 1 saturated heterocycles. The number of carbonyl (C=O) groups excluding carboxylic acids is 3. The van der Waals surface area contributed by atoms with E-state index in [0.717, 1.165) is 11.9 Å². The van der Waals surface area contributed by atoms with Crippen LogP contribution >= 0.6 is 11.9 Å². The third kappa shape index (κ3) is 5.60. The maximum atomic E-state index is 12.5. The van der Waals surface area contributed by atoms with Crippen LogP contribution in [-0.4, -0.2) is 58.8 Å². The smallest absolute Gasteiger partial charge is 0.302 e. The Balaban J connectivity index is 1.38. The van der Waals surface area contributed by atoms with Crippen LogP contribution in [0.2, 0.25) is 0 Å². The van der Waals surface area contributed by atoms with Crippen molar-refractivity contribution in [3.8, 4) is 0 Å². The average molecular weight is 497 g/mol. The van der Waals surface area contributed by atoms with Crippen LogP contribution in [0.3, 0.4) is 0 Å². The molecule has 2 N–H and O–H groups in total. The lowest BCUT2D eigenvalue weighted by molar-refractivity contribution is -0.384. The molecule has 0 radical (unpaired) electrons. The Bertz CT molecular complexity index is 1180. The monoisotopic (exact) mass is 496 g/mol. The Morgan fingerprint density at radius 3 is 2.51 bits per heavy atom. The minimum absolute atomic E-state index is 0.0569. The fraction of sp³-hybridized carbons (Fsp3) is 0.304. The molecule has 0 aromatic heterocycles. The summed E-state index contributed by atoms with van der Waals surface area (Å²) in [4.78, 5) is 51.1. The van der Waals surface area contributed by atoms with Gasteiger partial charge in [-0.05, 0) is 18.2 Å². The Kier molecular flexibility index (Phi) is 7.30. The number of nitro groups is 1. The van der Waals surface area contributed by atoms with E-state index in [1.165, 1.54) is 6.07 Å². The average Bonchev–Trinajstić information content (AvgIpc) is 2.87. The van der Waals surface area contributed by atoms with Crippen molar-refractivity contribution in [2.45, 2.75) is 13.3 Å². The minimum Gasteiger partial charge on any atom is -0.362 e. The summed E-state index contributed by atoms with van der Waals surface area (Å²) in [5, 5.41) is 15.6. The van der Waals surface area contributed by atoms with E-state index < -0.39 is 4.92 Å². The van der Waals surface area contributed by atoms with Gasteiger partial charge in [0.25, 0.3) is 11.6 Å². The largest absolute Gasteiger partial charge is 0.362 e. The van der Waals surface area contributed by atoms with E-state index >= 15 is 0 Å². The van der Waals surface area contributed by atoms with Crippen LogP contribution in [0.4, 0.5) is 16.2 Å². The maximum Gasteiger partial charge on any atom is 0.302 e. The van der Waals surface area contributed by atoms with E-state index in [-0.39, 0.29) is 35.1 Å². The quantitative estimate of drug-likeness (QED) is 0.377. The molecule has 1 unspecified atom stereocenters. The molecule has 2 aromatic rings. The molecular weight excluding hydrogens is 472 g/mol. The number of hydrazone groups is 1. The lowest BCUT2D eigenvalue weighted by Gasteiger charge is -2.35. The lowest BCUT2D eigenvalue weighted by Crippen LogP contribution is -2.48. The SMILES string of the molecule is CC1CC(=O)NN=C1c1ccc(N2CCN(C(=O)SNC(=O)c3ccccc3)CC2)c([N+](=O)[O-])c1. The third-order valence-corrected chi connectivity index (χ3v) is 6.59. The van der Waals surface area contributed by atoms with Gasteiger partial charge in [0.1, 0.15) is 5.69 Å². The first-order valence-electron chi connectivity index (χ1n) is 11.0. The Morgan fingerprint density at radius 2 is 1.86 bits per heavy atom. The molecule has 3 amide bonds. The van der Waals surface area contributed by atoms with Gasteiger partial charge in [-0.15, -0.1) is 0 Å². The number of nitrogens with one attached hydrogen (secondary N) is 2. The van der Waals surface area contributed by atoms with Crippen molar-refractivity contribution >= 4 is 46.1 Å². The van der Waals surface area contributed by atoms with Gasteiger partial charge in [-0.25, -0.2) is 5.43 Å². The van der Waals surface area contributed by atoms with Crippen LogP contribution in [0.25, 0.3) is 0 Å². The highest BCUT2D eigenvalue weighted by Crippen LogP contribution is 2.32. The first-order valence-corrected chi connectivity index (χ1v) is 11.9. The predicted molar refractivity (Wildman–Crippen MR) is 132 cm³/mol. The van der Waals surface area contributed by atoms with Gasteiger partial charge >= 0.3 is 5.24 Å². The molecule has 182 valence electrons. The van der Waals surface area contributed by atoms with E-state index in [1.807, 2.05) is 11.8 Å². The van der Waals surface area contributed by atoms with Gasteiger partial charge in [-0.3, -0.25) is 29.2 Å². The second kappa shape index (κ2) is 10.6. The molecule has 0 saturated carbocycles. The summed E-state index contributed by atoms with van der Waals surface area (Å²) in [7, 11) is 0. The summed E-state index contributed by atoms with van der Waals surface area (Å²) < 4.78 is 2.55. The number of hydrogen-bond acceptors (Lipinski definition) is 8. The number of benzene rings is 2. The highest BCUT2D eigenvalue weighted by Gasteiger charge is 2.29. The minimum atomic E-state index is -0.433.